The Labute approximate surface area is 187 Å². The lowest BCUT2D eigenvalue weighted by Gasteiger charge is -2.10. The van der Waals surface area contributed by atoms with Crippen LogP contribution in [0.5, 0.6) is 5.75 Å². The van der Waals surface area contributed by atoms with E-state index in [2.05, 4.69) is 28.4 Å². The number of benzene rings is 3. The van der Waals surface area contributed by atoms with Crippen molar-refractivity contribution in [2.75, 3.05) is 11.9 Å². The van der Waals surface area contributed by atoms with E-state index in [4.69, 9.17) is 4.74 Å². The highest BCUT2D eigenvalue weighted by Gasteiger charge is 2.20. The monoisotopic (exact) mass is 426 g/mol. The molecule has 0 radical (unpaired) electrons. The molecule has 0 saturated carbocycles. The van der Waals surface area contributed by atoms with Crippen LogP contribution in [0.4, 0.5) is 5.69 Å². The molecule has 162 valence electrons. The summed E-state index contributed by atoms with van der Waals surface area (Å²) in [5, 5.41) is 7.45. The molecule has 1 aromatic heterocycles. The Morgan fingerprint density at radius 3 is 2.28 bits per heavy atom. The number of hydrogen-bond donors (Lipinski definition) is 1. The third-order valence-corrected chi connectivity index (χ3v) is 5.12. The Hall–Kier alpha value is -3.93. The minimum atomic E-state index is -0.369. The molecule has 3 aromatic carbocycles. The van der Waals surface area contributed by atoms with Crippen LogP contribution in [0.1, 0.15) is 34.2 Å². The van der Waals surface area contributed by atoms with Crippen LogP contribution in [0, 0.1) is 20.8 Å². The Morgan fingerprint density at radius 1 is 0.938 bits per heavy atom. The second-order valence-electron chi connectivity index (χ2n) is 7.74. The van der Waals surface area contributed by atoms with Gasteiger partial charge in [0.2, 0.25) is 5.82 Å². The van der Waals surface area contributed by atoms with Crippen LogP contribution in [0.25, 0.3) is 17.1 Å². The zero-order valence-corrected chi connectivity index (χ0v) is 18.7. The fourth-order valence-electron chi connectivity index (χ4n) is 3.50. The van der Waals surface area contributed by atoms with Crippen molar-refractivity contribution in [1.82, 2.24) is 14.8 Å². The molecule has 32 heavy (non-hydrogen) atoms. The zero-order valence-electron chi connectivity index (χ0n) is 18.7. The van der Waals surface area contributed by atoms with Gasteiger partial charge >= 0.3 is 0 Å². The fourth-order valence-corrected chi connectivity index (χ4v) is 3.50. The van der Waals surface area contributed by atoms with Gasteiger partial charge in [-0.25, -0.2) is 9.67 Å². The summed E-state index contributed by atoms with van der Waals surface area (Å²) >= 11 is 0. The first-order chi connectivity index (χ1) is 15.4. The lowest BCUT2D eigenvalue weighted by Crippen LogP contribution is -2.14. The first kappa shape index (κ1) is 21.3. The summed E-state index contributed by atoms with van der Waals surface area (Å²) in [5.74, 6) is 1.11. The van der Waals surface area contributed by atoms with E-state index in [1.807, 2.05) is 69.3 Å². The van der Waals surface area contributed by atoms with Crippen LogP contribution in [-0.2, 0) is 0 Å². The van der Waals surface area contributed by atoms with E-state index in [1.54, 1.807) is 16.8 Å². The van der Waals surface area contributed by atoms with Gasteiger partial charge in [0.25, 0.3) is 5.91 Å². The van der Waals surface area contributed by atoms with Crippen molar-refractivity contribution in [2.45, 2.75) is 27.7 Å². The Morgan fingerprint density at radius 2 is 1.62 bits per heavy atom. The normalized spacial score (nSPS) is 10.8. The topological polar surface area (TPSA) is 69.0 Å². The lowest BCUT2D eigenvalue weighted by molar-refractivity contribution is 0.101. The number of anilines is 1. The smallest absolute Gasteiger partial charge is 0.295 e. The largest absolute Gasteiger partial charge is 0.494 e. The third-order valence-electron chi connectivity index (χ3n) is 5.12. The molecule has 4 aromatic rings. The molecule has 1 N–H and O–H groups in total. The van der Waals surface area contributed by atoms with Crippen molar-refractivity contribution in [3.8, 4) is 22.8 Å². The van der Waals surface area contributed by atoms with Gasteiger partial charge in [-0.3, -0.25) is 4.79 Å². The van der Waals surface area contributed by atoms with Gasteiger partial charge in [-0.1, -0.05) is 47.5 Å². The quantitative estimate of drug-likeness (QED) is 0.441. The Bertz CT molecular complexity index is 1240. The van der Waals surface area contributed by atoms with Crippen molar-refractivity contribution in [3.63, 3.8) is 0 Å². The van der Waals surface area contributed by atoms with Gasteiger partial charge in [0, 0.05) is 11.3 Å². The van der Waals surface area contributed by atoms with Crippen LogP contribution in [0.3, 0.4) is 0 Å². The molecule has 6 heteroatoms. The Kier molecular flexibility index (Phi) is 6.03. The predicted octanol–water partition coefficient (Wildman–Crippen LogP) is 5.51. The van der Waals surface area contributed by atoms with Gasteiger partial charge in [0.05, 0.1) is 12.3 Å². The highest BCUT2D eigenvalue weighted by molar-refractivity contribution is 6.01. The van der Waals surface area contributed by atoms with Gasteiger partial charge < -0.3 is 10.1 Å². The molecule has 0 fully saturated rings. The molecule has 0 spiro atoms. The maximum absolute atomic E-state index is 13.0. The number of amides is 1. The average molecular weight is 427 g/mol. The van der Waals surface area contributed by atoms with Crippen molar-refractivity contribution >= 4 is 11.6 Å². The van der Waals surface area contributed by atoms with Crippen LogP contribution >= 0.6 is 0 Å². The number of nitrogens with one attached hydrogen (secondary N) is 1. The van der Waals surface area contributed by atoms with Crippen molar-refractivity contribution < 1.29 is 9.53 Å². The van der Waals surface area contributed by atoms with Crippen LogP contribution in [-0.4, -0.2) is 27.3 Å². The van der Waals surface area contributed by atoms with Crippen molar-refractivity contribution in [2.24, 2.45) is 0 Å². The standard InChI is InChI=1S/C26H26N4O2/c1-5-32-22-13-11-21(12-14-22)27-26(31)24-28-25(20-9-6-17(2)7-10-20)30(29-24)23-15-8-18(3)16-19(23)4/h6-16H,5H2,1-4H3,(H,27,31). The number of rotatable bonds is 6. The third kappa shape index (κ3) is 4.54. The number of aromatic nitrogens is 3. The summed E-state index contributed by atoms with van der Waals surface area (Å²) in [6, 6.07) is 21.4. The molecule has 1 heterocycles. The van der Waals surface area contributed by atoms with Crippen molar-refractivity contribution in [1.29, 1.82) is 0 Å². The molecule has 0 aliphatic rings. The summed E-state index contributed by atoms with van der Waals surface area (Å²) in [4.78, 5) is 17.6. The molecule has 1 amide bonds. The first-order valence-electron chi connectivity index (χ1n) is 10.6. The number of ether oxygens (including phenoxy) is 1. The molecule has 6 nitrogen and oxygen atoms in total. The summed E-state index contributed by atoms with van der Waals surface area (Å²) in [7, 11) is 0. The number of aryl methyl sites for hydroxylation is 3. The summed E-state index contributed by atoms with van der Waals surface area (Å²) in [6.07, 6.45) is 0. The number of carbonyl (C=O) groups is 1. The second-order valence-corrected chi connectivity index (χ2v) is 7.74. The number of carbonyl (C=O) groups excluding carboxylic acids is 1. The minimum absolute atomic E-state index is 0.106. The molecule has 0 unspecified atom stereocenters. The molecule has 0 saturated heterocycles. The summed E-state index contributed by atoms with van der Waals surface area (Å²) in [5.41, 5.74) is 5.80. The number of nitrogens with zero attached hydrogens (tertiary/aromatic N) is 3. The molecule has 0 bridgehead atoms. The summed E-state index contributed by atoms with van der Waals surface area (Å²) < 4.78 is 7.20. The van der Waals surface area contributed by atoms with Crippen LogP contribution in [0.2, 0.25) is 0 Å². The lowest BCUT2D eigenvalue weighted by atomic mass is 10.1. The van der Waals surface area contributed by atoms with Crippen LogP contribution in [0.15, 0.2) is 66.7 Å². The summed E-state index contributed by atoms with van der Waals surface area (Å²) in [6.45, 7) is 8.64. The minimum Gasteiger partial charge on any atom is -0.494 e. The maximum Gasteiger partial charge on any atom is 0.295 e. The average Bonchev–Trinajstić information content (AvgIpc) is 3.21. The highest BCUT2D eigenvalue weighted by Crippen LogP contribution is 2.25. The molecule has 4 rings (SSSR count). The molecule has 0 atom stereocenters. The molecule has 0 aliphatic carbocycles. The van der Waals surface area contributed by atoms with Gasteiger partial charge in [0.1, 0.15) is 5.75 Å². The molecular weight excluding hydrogens is 400 g/mol. The highest BCUT2D eigenvalue weighted by atomic mass is 16.5. The van der Waals surface area contributed by atoms with Gasteiger partial charge in [-0.05, 0) is 63.6 Å². The van der Waals surface area contributed by atoms with Crippen molar-refractivity contribution in [3.05, 3.63) is 89.2 Å². The molecular formula is C26H26N4O2. The van der Waals surface area contributed by atoms with E-state index in [1.165, 1.54) is 0 Å². The van der Waals surface area contributed by atoms with Gasteiger partial charge in [-0.15, -0.1) is 5.10 Å². The Balaban J connectivity index is 1.71. The first-order valence-corrected chi connectivity index (χ1v) is 10.6. The SMILES string of the molecule is CCOc1ccc(NC(=O)c2nc(-c3ccc(C)cc3)n(-c3ccc(C)cc3C)n2)cc1. The zero-order chi connectivity index (χ0) is 22.7. The number of hydrogen-bond acceptors (Lipinski definition) is 4. The van der Waals surface area contributed by atoms with E-state index < -0.39 is 0 Å². The van der Waals surface area contributed by atoms with E-state index in [0.29, 0.717) is 18.1 Å². The second kappa shape index (κ2) is 9.06. The molecule has 0 aliphatic heterocycles. The van der Waals surface area contributed by atoms with E-state index in [0.717, 1.165) is 33.7 Å². The fraction of sp³-hybridized carbons (Fsp3) is 0.192. The van der Waals surface area contributed by atoms with Gasteiger partial charge in [0.15, 0.2) is 5.82 Å². The van der Waals surface area contributed by atoms with Gasteiger partial charge in [-0.2, -0.15) is 0 Å². The maximum atomic E-state index is 13.0. The van der Waals surface area contributed by atoms with Crippen LogP contribution < -0.4 is 10.1 Å². The van der Waals surface area contributed by atoms with E-state index in [-0.39, 0.29) is 11.7 Å². The van der Waals surface area contributed by atoms with E-state index in [9.17, 15) is 4.79 Å². The predicted molar refractivity (Wildman–Crippen MR) is 127 cm³/mol. The van der Waals surface area contributed by atoms with E-state index >= 15 is 0 Å².